The molecule has 3 aliphatic rings. The minimum absolute atomic E-state index is 0.0535. The first-order valence-electron chi connectivity index (χ1n) is 14.3. The van der Waals surface area contributed by atoms with Crippen molar-refractivity contribution in [3.05, 3.63) is 138 Å². The molecule has 0 bridgehead atoms. The Kier molecular flexibility index (Phi) is 4.54. The molecule has 0 N–H and O–H groups in total. The molecule has 0 saturated carbocycles. The summed E-state index contributed by atoms with van der Waals surface area (Å²) < 4.78 is 0. The van der Waals surface area contributed by atoms with Gasteiger partial charge in [-0.1, -0.05) is 117 Å². The van der Waals surface area contributed by atoms with Crippen molar-refractivity contribution in [3.8, 4) is 22.3 Å². The third-order valence-electron chi connectivity index (χ3n) is 9.59. The van der Waals surface area contributed by atoms with Gasteiger partial charge in [-0.05, 0) is 89.5 Å². The Labute approximate surface area is 239 Å². The van der Waals surface area contributed by atoms with Gasteiger partial charge < -0.3 is 0 Å². The van der Waals surface area contributed by atoms with Crippen LogP contribution in [0, 0.1) is 0 Å². The summed E-state index contributed by atoms with van der Waals surface area (Å²) in [7, 11) is 0. The number of hydrogen-bond acceptors (Lipinski definition) is 1. The van der Waals surface area contributed by atoms with Crippen molar-refractivity contribution in [2.24, 2.45) is 0 Å². The van der Waals surface area contributed by atoms with E-state index in [4.69, 9.17) is 0 Å². The van der Waals surface area contributed by atoms with E-state index >= 15 is 0 Å². The number of rotatable bonds is 1. The molecule has 6 aromatic rings. The predicted molar refractivity (Wildman–Crippen MR) is 173 cm³/mol. The molecule has 9 rings (SSSR count). The van der Waals surface area contributed by atoms with Gasteiger partial charge in [0.15, 0.2) is 0 Å². The van der Waals surface area contributed by atoms with Crippen LogP contribution < -0.4 is 0 Å². The fourth-order valence-corrected chi connectivity index (χ4v) is 9.09. The van der Waals surface area contributed by atoms with Crippen LogP contribution in [0.2, 0.25) is 0 Å². The lowest BCUT2D eigenvalue weighted by atomic mass is 9.81. The molecule has 0 fully saturated rings. The molecule has 0 spiro atoms. The van der Waals surface area contributed by atoms with E-state index in [1.54, 1.807) is 0 Å². The first-order chi connectivity index (χ1) is 19.6. The Morgan fingerprint density at radius 2 is 1.20 bits per heavy atom. The number of benzene rings is 6. The van der Waals surface area contributed by atoms with Crippen molar-refractivity contribution < 1.29 is 0 Å². The van der Waals surface area contributed by atoms with Gasteiger partial charge in [0.05, 0.1) is 0 Å². The molecule has 6 aromatic carbocycles. The van der Waals surface area contributed by atoms with Crippen molar-refractivity contribution in [2.75, 3.05) is 0 Å². The number of thioether (sulfide) groups is 1. The smallest absolute Gasteiger partial charge is 0.0381 e. The van der Waals surface area contributed by atoms with E-state index in [2.05, 4.69) is 135 Å². The summed E-state index contributed by atoms with van der Waals surface area (Å²) in [5, 5.41) is 8.55. The van der Waals surface area contributed by atoms with Gasteiger partial charge in [-0.2, -0.15) is 0 Å². The lowest BCUT2D eigenvalue weighted by Crippen LogP contribution is -2.14. The molecular weight excluding hydrogens is 500 g/mol. The lowest BCUT2D eigenvalue weighted by molar-refractivity contribution is 0.661. The first-order valence-corrected chi connectivity index (χ1v) is 15.1. The van der Waals surface area contributed by atoms with Gasteiger partial charge in [0, 0.05) is 21.5 Å². The second-order valence-corrected chi connectivity index (χ2v) is 13.2. The largest absolute Gasteiger partial charge is 0.117 e. The normalized spacial score (nSPS) is 19.6. The van der Waals surface area contributed by atoms with Gasteiger partial charge in [-0.15, -0.1) is 11.8 Å². The summed E-state index contributed by atoms with van der Waals surface area (Å²) in [6, 6.07) is 36.9. The molecule has 190 valence electrons. The zero-order valence-corrected chi connectivity index (χ0v) is 23.4. The maximum absolute atomic E-state index is 2.50. The fourth-order valence-electron chi connectivity index (χ4n) is 7.61. The Hall–Kier alpha value is -4.07. The van der Waals surface area contributed by atoms with E-state index in [1.165, 1.54) is 76.2 Å². The van der Waals surface area contributed by atoms with Crippen LogP contribution in [-0.2, 0) is 5.41 Å². The van der Waals surface area contributed by atoms with Gasteiger partial charge in [0.1, 0.15) is 0 Å². The van der Waals surface area contributed by atoms with Crippen LogP contribution in [0.15, 0.2) is 126 Å². The molecule has 0 radical (unpaired) electrons. The van der Waals surface area contributed by atoms with Crippen LogP contribution in [0.4, 0.5) is 0 Å². The summed E-state index contributed by atoms with van der Waals surface area (Å²) in [5.74, 6) is 0.480. The highest BCUT2D eigenvalue weighted by Gasteiger charge is 2.37. The van der Waals surface area contributed by atoms with E-state index in [0.717, 1.165) is 0 Å². The van der Waals surface area contributed by atoms with Gasteiger partial charge in [-0.25, -0.2) is 0 Å². The Morgan fingerprint density at radius 1 is 0.550 bits per heavy atom. The summed E-state index contributed by atoms with van der Waals surface area (Å²) in [6.45, 7) is 4.79. The minimum atomic E-state index is -0.0535. The van der Waals surface area contributed by atoms with Crippen LogP contribution in [0.1, 0.15) is 36.5 Å². The predicted octanol–water partition coefficient (Wildman–Crippen LogP) is 10.8. The summed E-state index contributed by atoms with van der Waals surface area (Å²) in [6.07, 6.45) is 9.13. The fraction of sp³-hybridized carbons (Fsp3) is 0.128. The molecule has 2 atom stereocenters. The molecule has 40 heavy (non-hydrogen) atoms. The third kappa shape index (κ3) is 2.94. The van der Waals surface area contributed by atoms with E-state index in [0.29, 0.717) is 11.2 Å². The molecule has 0 saturated heterocycles. The quantitative estimate of drug-likeness (QED) is 0.191. The van der Waals surface area contributed by atoms with E-state index < -0.39 is 0 Å². The zero-order valence-electron chi connectivity index (χ0n) is 22.6. The maximum Gasteiger partial charge on any atom is 0.0381 e. The molecule has 1 aliphatic heterocycles. The minimum Gasteiger partial charge on any atom is -0.117 e. The summed E-state index contributed by atoms with van der Waals surface area (Å²) in [4.78, 5) is 1.45. The summed E-state index contributed by atoms with van der Waals surface area (Å²) in [5.41, 5.74) is 9.73. The number of fused-ring (bicyclic) bond motifs is 12. The summed E-state index contributed by atoms with van der Waals surface area (Å²) >= 11 is 2.03. The van der Waals surface area contributed by atoms with Crippen molar-refractivity contribution in [1.82, 2.24) is 0 Å². The van der Waals surface area contributed by atoms with Gasteiger partial charge in [0.25, 0.3) is 0 Å². The van der Waals surface area contributed by atoms with Crippen molar-refractivity contribution in [3.63, 3.8) is 0 Å². The van der Waals surface area contributed by atoms with Crippen LogP contribution in [0.25, 0.3) is 54.6 Å². The van der Waals surface area contributed by atoms with E-state index in [1.807, 2.05) is 11.8 Å². The first kappa shape index (κ1) is 22.7. The van der Waals surface area contributed by atoms with Crippen LogP contribution >= 0.6 is 11.8 Å². The van der Waals surface area contributed by atoms with Gasteiger partial charge in [0.2, 0.25) is 0 Å². The van der Waals surface area contributed by atoms with Crippen LogP contribution in [0.5, 0.6) is 0 Å². The third-order valence-corrected chi connectivity index (χ3v) is 11.0. The topological polar surface area (TPSA) is 0 Å². The zero-order chi connectivity index (χ0) is 26.6. The standard InChI is InChI=1S/C39H28S/c1-39(2)35-19-18-23(24-15-9-16-30-29-14-7-8-17-37(29)40-38(24)30)20-33(35)34-21-31-27-12-5-3-10-25(27)26-11-4-6-13-28(26)32(31)22-36(34)39/h3-22,29,37H,1-2H3. The average molecular weight is 529 g/mol. The Balaban J connectivity index is 1.30. The second-order valence-electron chi connectivity index (χ2n) is 12.0. The van der Waals surface area contributed by atoms with Crippen molar-refractivity contribution in [2.45, 2.75) is 35.3 Å². The Morgan fingerprint density at radius 3 is 1.95 bits per heavy atom. The number of allylic oxidation sites excluding steroid dienone is 3. The molecule has 1 heteroatoms. The van der Waals surface area contributed by atoms with Crippen LogP contribution in [0.3, 0.4) is 0 Å². The SMILES string of the molecule is CC1(C)c2ccc(-c3cccc4c3SC3C=CC=CC43)cc2-c2cc3c4ccccc4c4ccccc4c3cc21. The maximum atomic E-state index is 2.50. The molecular formula is C39H28S. The Bertz CT molecular complexity index is 2120. The average Bonchev–Trinajstić information content (AvgIpc) is 3.49. The molecule has 2 unspecified atom stereocenters. The molecule has 0 nitrogen and oxygen atoms in total. The van der Waals surface area contributed by atoms with E-state index in [-0.39, 0.29) is 5.41 Å². The monoisotopic (exact) mass is 528 g/mol. The van der Waals surface area contributed by atoms with Crippen molar-refractivity contribution >= 4 is 44.1 Å². The number of hydrogen-bond donors (Lipinski definition) is 0. The molecule has 1 heterocycles. The highest BCUT2D eigenvalue weighted by Crippen LogP contribution is 2.55. The lowest BCUT2D eigenvalue weighted by Gasteiger charge is -2.22. The highest BCUT2D eigenvalue weighted by molar-refractivity contribution is 8.00. The molecule has 2 aliphatic carbocycles. The van der Waals surface area contributed by atoms with Gasteiger partial charge >= 0.3 is 0 Å². The van der Waals surface area contributed by atoms with Crippen molar-refractivity contribution in [1.29, 1.82) is 0 Å². The van der Waals surface area contributed by atoms with Gasteiger partial charge in [-0.3, -0.25) is 0 Å². The molecule has 0 aromatic heterocycles. The highest BCUT2D eigenvalue weighted by atomic mass is 32.2. The van der Waals surface area contributed by atoms with Crippen LogP contribution in [-0.4, -0.2) is 5.25 Å². The second kappa shape index (κ2) is 7.99. The van der Waals surface area contributed by atoms with E-state index in [9.17, 15) is 0 Å². The molecule has 0 amide bonds.